The number of nitrogens with one attached hydrogen (secondary N) is 1. The molecule has 0 aliphatic carbocycles. The molecule has 1 N–H and O–H groups in total. The fraction of sp³-hybridized carbons (Fsp3) is 0.381. The molecule has 4 rings (SSSR count). The highest BCUT2D eigenvalue weighted by Gasteiger charge is 2.35. The van der Waals surface area contributed by atoms with E-state index in [2.05, 4.69) is 15.2 Å². The van der Waals surface area contributed by atoms with Gasteiger partial charge in [-0.1, -0.05) is 29.8 Å². The lowest BCUT2D eigenvalue weighted by atomic mass is 10.1. The van der Waals surface area contributed by atoms with Gasteiger partial charge in [0.2, 0.25) is 11.8 Å². The Morgan fingerprint density at radius 1 is 1.18 bits per heavy atom. The summed E-state index contributed by atoms with van der Waals surface area (Å²) in [5.41, 5.74) is 1.61. The summed E-state index contributed by atoms with van der Waals surface area (Å²) in [4.78, 5) is 33.3. The summed E-state index contributed by atoms with van der Waals surface area (Å²) < 4.78 is 0. The molecule has 3 heterocycles. The number of para-hydroxylation sites is 1. The van der Waals surface area contributed by atoms with Crippen molar-refractivity contribution in [1.29, 1.82) is 0 Å². The van der Waals surface area contributed by atoms with Gasteiger partial charge in [-0.2, -0.15) is 0 Å². The molecule has 2 aliphatic rings. The molecule has 2 amide bonds. The van der Waals surface area contributed by atoms with E-state index < -0.39 is 0 Å². The summed E-state index contributed by atoms with van der Waals surface area (Å²) in [6, 6.07) is 11.2. The van der Waals surface area contributed by atoms with Crippen LogP contribution in [0.3, 0.4) is 0 Å². The minimum absolute atomic E-state index is 0.0788. The van der Waals surface area contributed by atoms with Crippen LogP contribution in [0.4, 0.5) is 11.5 Å². The molecule has 6 nitrogen and oxygen atoms in total. The number of benzene rings is 1. The fourth-order valence-electron chi connectivity index (χ4n) is 3.77. The Morgan fingerprint density at radius 2 is 1.96 bits per heavy atom. The molecule has 7 heteroatoms. The third kappa shape index (κ3) is 3.97. The Balaban J connectivity index is 1.33. The molecule has 146 valence electrons. The van der Waals surface area contributed by atoms with Crippen LogP contribution in [0.1, 0.15) is 24.8 Å². The van der Waals surface area contributed by atoms with Crippen LogP contribution in [0.2, 0.25) is 5.02 Å². The topological polar surface area (TPSA) is 65.5 Å². The van der Waals surface area contributed by atoms with Gasteiger partial charge in [0.15, 0.2) is 0 Å². The van der Waals surface area contributed by atoms with Gasteiger partial charge < -0.3 is 15.1 Å². The van der Waals surface area contributed by atoms with Crippen LogP contribution in [0.5, 0.6) is 0 Å². The molecular formula is C21H23ClN4O2. The van der Waals surface area contributed by atoms with Gasteiger partial charge in [0, 0.05) is 38.8 Å². The van der Waals surface area contributed by atoms with Crippen molar-refractivity contribution in [3.8, 4) is 0 Å². The standard InChI is InChI=1S/C21H23ClN4O2/c22-17-5-1-2-6-18(17)26-14-16(11-20(26)27)21(28)24-13-15-7-8-19(23-12-15)25-9-3-4-10-25/h1-2,5-8,12,16H,3-4,9-11,13-14H2,(H,24,28). The number of aromatic nitrogens is 1. The Morgan fingerprint density at radius 3 is 2.68 bits per heavy atom. The number of anilines is 2. The second kappa shape index (κ2) is 8.19. The SMILES string of the molecule is O=C(NCc1ccc(N2CCCC2)nc1)C1CC(=O)N(c2ccccc2Cl)C1. The molecule has 0 radical (unpaired) electrons. The molecule has 1 aromatic carbocycles. The molecule has 0 saturated carbocycles. The minimum Gasteiger partial charge on any atom is -0.357 e. The Bertz CT molecular complexity index is 865. The molecule has 2 fully saturated rings. The Labute approximate surface area is 169 Å². The number of carbonyl (C=O) groups excluding carboxylic acids is 2. The van der Waals surface area contributed by atoms with E-state index in [1.54, 1.807) is 17.0 Å². The van der Waals surface area contributed by atoms with Crippen LogP contribution < -0.4 is 15.1 Å². The quantitative estimate of drug-likeness (QED) is 0.840. The van der Waals surface area contributed by atoms with Crippen molar-refractivity contribution in [2.75, 3.05) is 29.4 Å². The second-order valence-electron chi connectivity index (χ2n) is 7.29. The predicted molar refractivity (Wildman–Crippen MR) is 109 cm³/mol. The molecule has 1 atom stereocenters. The van der Waals surface area contributed by atoms with Crippen molar-refractivity contribution < 1.29 is 9.59 Å². The van der Waals surface area contributed by atoms with E-state index in [9.17, 15) is 9.59 Å². The van der Waals surface area contributed by atoms with Crippen LogP contribution in [-0.2, 0) is 16.1 Å². The Hall–Kier alpha value is -2.60. The highest BCUT2D eigenvalue weighted by atomic mass is 35.5. The normalized spacial score (nSPS) is 19.3. The minimum atomic E-state index is -0.374. The van der Waals surface area contributed by atoms with Crippen LogP contribution in [-0.4, -0.2) is 36.4 Å². The monoisotopic (exact) mass is 398 g/mol. The molecule has 2 aliphatic heterocycles. The number of amides is 2. The summed E-state index contributed by atoms with van der Waals surface area (Å²) in [6.45, 7) is 2.87. The number of hydrogen-bond acceptors (Lipinski definition) is 4. The summed E-state index contributed by atoms with van der Waals surface area (Å²) in [6.07, 6.45) is 4.43. The lowest BCUT2D eigenvalue weighted by Crippen LogP contribution is -2.32. The summed E-state index contributed by atoms with van der Waals surface area (Å²) >= 11 is 6.19. The van der Waals surface area contributed by atoms with Gasteiger partial charge in [0.1, 0.15) is 5.82 Å². The molecule has 1 aromatic heterocycles. The number of hydrogen-bond donors (Lipinski definition) is 1. The van der Waals surface area contributed by atoms with Crippen molar-refractivity contribution in [1.82, 2.24) is 10.3 Å². The summed E-state index contributed by atoms with van der Waals surface area (Å²) in [5, 5.41) is 3.45. The van der Waals surface area contributed by atoms with Crippen LogP contribution in [0.25, 0.3) is 0 Å². The number of nitrogens with zero attached hydrogens (tertiary/aromatic N) is 3. The van der Waals surface area contributed by atoms with Gasteiger partial charge in [0.25, 0.3) is 0 Å². The molecule has 1 unspecified atom stereocenters. The third-order valence-electron chi connectivity index (χ3n) is 5.34. The number of halogens is 1. The maximum absolute atomic E-state index is 12.6. The number of rotatable bonds is 5. The number of carbonyl (C=O) groups is 2. The molecule has 2 aromatic rings. The zero-order valence-corrected chi connectivity index (χ0v) is 16.4. The molecule has 28 heavy (non-hydrogen) atoms. The molecular weight excluding hydrogens is 376 g/mol. The van der Waals surface area contributed by atoms with Crippen LogP contribution >= 0.6 is 11.6 Å². The largest absolute Gasteiger partial charge is 0.357 e. The van der Waals surface area contributed by atoms with E-state index in [1.807, 2.05) is 30.5 Å². The van der Waals surface area contributed by atoms with Gasteiger partial charge in [-0.25, -0.2) is 4.98 Å². The lowest BCUT2D eigenvalue weighted by molar-refractivity contribution is -0.126. The van der Waals surface area contributed by atoms with Crippen LogP contribution in [0, 0.1) is 5.92 Å². The van der Waals surface area contributed by atoms with Crippen LogP contribution in [0.15, 0.2) is 42.6 Å². The maximum Gasteiger partial charge on any atom is 0.227 e. The van der Waals surface area contributed by atoms with Crippen molar-refractivity contribution in [2.24, 2.45) is 5.92 Å². The Kier molecular flexibility index (Phi) is 5.48. The molecule has 2 saturated heterocycles. The summed E-state index contributed by atoms with van der Waals surface area (Å²) in [7, 11) is 0. The van der Waals surface area contributed by atoms with Gasteiger partial charge in [-0.3, -0.25) is 9.59 Å². The predicted octanol–water partition coefficient (Wildman–Crippen LogP) is 3.00. The first kappa shape index (κ1) is 18.7. The number of pyridine rings is 1. The summed E-state index contributed by atoms with van der Waals surface area (Å²) in [5.74, 6) is 0.418. The van der Waals surface area contributed by atoms with Crippen molar-refractivity contribution in [2.45, 2.75) is 25.8 Å². The van der Waals surface area contributed by atoms with Crippen molar-refractivity contribution in [3.63, 3.8) is 0 Å². The maximum atomic E-state index is 12.6. The lowest BCUT2D eigenvalue weighted by Gasteiger charge is -2.18. The van der Waals surface area contributed by atoms with Crippen molar-refractivity contribution in [3.05, 3.63) is 53.2 Å². The van der Waals surface area contributed by atoms with Gasteiger partial charge in [-0.05, 0) is 36.6 Å². The first-order valence-corrected chi connectivity index (χ1v) is 10.0. The van der Waals surface area contributed by atoms with E-state index >= 15 is 0 Å². The van der Waals surface area contributed by atoms with E-state index in [0.717, 1.165) is 24.5 Å². The van der Waals surface area contributed by atoms with E-state index in [0.29, 0.717) is 23.8 Å². The smallest absolute Gasteiger partial charge is 0.227 e. The van der Waals surface area contributed by atoms with E-state index in [4.69, 9.17) is 11.6 Å². The fourth-order valence-corrected chi connectivity index (χ4v) is 4.01. The highest BCUT2D eigenvalue weighted by molar-refractivity contribution is 6.33. The average Bonchev–Trinajstić information content (AvgIpc) is 3.37. The molecule has 0 bridgehead atoms. The van der Waals surface area contributed by atoms with E-state index in [-0.39, 0.29) is 24.2 Å². The second-order valence-corrected chi connectivity index (χ2v) is 7.70. The van der Waals surface area contributed by atoms with E-state index in [1.165, 1.54) is 12.8 Å². The van der Waals surface area contributed by atoms with Gasteiger partial charge in [0.05, 0.1) is 16.6 Å². The zero-order valence-electron chi connectivity index (χ0n) is 15.6. The highest BCUT2D eigenvalue weighted by Crippen LogP contribution is 2.31. The first-order chi connectivity index (χ1) is 13.6. The molecule has 0 spiro atoms. The van der Waals surface area contributed by atoms with Gasteiger partial charge >= 0.3 is 0 Å². The average molecular weight is 399 g/mol. The van der Waals surface area contributed by atoms with Crippen molar-refractivity contribution >= 4 is 34.9 Å². The zero-order chi connectivity index (χ0) is 19.5. The third-order valence-corrected chi connectivity index (χ3v) is 5.66. The van der Waals surface area contributed by atoms with Gasteiger partial charge in [-0.15, -0.1) is 0 Å². The first-order valence-electron chi connectivity index (χ1n) is 9.64.